The Morgan fingerprint density at radius 3 is 2.74 bits per heavy atom. The molecule has 1 aliphatic heterocycles. The zero-order chi connectivity index (χ0) is 24.7. The van der Waals surface area contributed by atoms with E-state index in [1.165, 1.54) is 6.07 Å². The number of hydrogen-bond acceptors (Lipinski definition) is 5. The van der Waals surface area contributed by atoms with Gasteiger partial charge in [-0.25, -0.2) is 9.18 Å². The van der Waals surface area contributed by atoms with Gasteiger partial charge in [0.15, 0.2) is 5.82 Å². The van der Waals surface area contributed by atoms with Crippen LogP contribution in [0.15, 0.2) is 42.6 Å². The summed E-state index contributed by atoms with van der Waals surface area (Å²) in [5, 5.41) is 9.53. The fourth-order valence-corrected chi connectivity index (χ4v) is 4.81. The fourth-order valence-electron chi connectivity index (χ4n) is 4.64. The van der Waals surface area contributed by atoms with Gasteiger partial charge in [0.1, 0.15) is 22.9 Å². The molecule has 182 valence electrons. The molecule has 7 nitrogen and oxygen atoms in total. The molecular formula is C26H27ClFN5O2. The summed E-state index contributed by atoms with van der Waals surface area (Å²) < 4.78 is 22.0. The number of anilines is 1. The summed E-state index contributed by atoms with van der Waals surface area (Å²) in [6, 6.07) is 8.57. The summed E-state index contributed by atoms with van der Waals surface area (Å²) in [7, 11) is 0. The van der Waals surface area contributed by atoms with Crippen molar-refractivity contribution in [2.75, 3.05) is 4.90 Å². The molecule has 3 aromatic rings. The number of allylic oxidation sites excluding steroid dienone is 2. The maximum Gasteiger partial charge on any atom is 0.415 e. The van der Waals surface area contributed by atoms with E-state index >= 15 is 0 Å². The first-order valence-corrected chi connectivity index (χ1v) is 12.1. The highest BCUT2D eigenvalue weighted by atomic mass is 35.5. The molecule has 1 unspecified atom stereocenters. The van der Waals surface area contributed by atoms with Crippen LogP contribution >= 0.6 is 11.6 Å². The van der Waals surface area contributed by atoms with Gasteiger partial charge >= 0.3 is 6.09 Å². The third-order valence-electron chi connectivity index (χ3n) is 6.27. The van der Waals surface area contributed by atoms with E-state index in [2.05, 4.69) is 25.8 Å². The van der Waals surface area contributed by atoms with Crippen molar-refractivity contribution in [3.63, 3.8) is 0 Å². The molecule has 0 radical (unpaired) electrons. The highest BCUT2D eigenvalue weighted by Crippen LogP contribution is 2.38. The maximum absolute atomic E-state index is 14.2. The zero-order valence-corrected chi connectivity index (χ0v) is 20.7. The van der Waals surface area contributed by atoms with E-state index < -0.39 is 11.7 Å². The quantitative estimate of drug-likeness (QED) is 0.428. The van der Waals surface area contributed by atoms with E-state index in [0.717, 1.165) is 23.4 Å². The van der Waals surface area contributed by atoms with Crippen molar-refractivity contribution in [2.24, 2.45) is 0 Å². The first-order chi connectivity index (χ1) is 16.7. The van der Waals surface area contributed by atoms with Crippen LogP contribution in [0.5, 0.6) is 0 Å². The monoisotopic (exact) mass is 495 g/mol. The van der Waals surface area contributed by atoms with Crippen LogP contribution in [0.3, 0.4) is 0 Å². The average molecular weight is 496 g/mol. The number of pyridine rings is 1. The lowest BCUT2D eigenvalue weighted by Crippen LogP contribution is -2.36. The molecule has 0 N–H and O–H groups in total. The fraction of sp³-hybridized carbons (Fsp3) is 0.385. The number of fused-ring (bicyclic) bond motifs is 2. The Hall–Kier alpha value is -3.26. The van der Waals surface area contributed by atoms with Crippen molar-refractivity contribution in [3.8, 4) is 0 Å². The van der Waals surface area contributed by atoms with Gasteiger partial charge in [-0.15, -0.1) is 10.2 Å². The minimum absolute atomic E-state index is 0.135. The SMILES string of the molecule is CC(C)(C)OC(=O)N1Cc2nnc(C3CC=C(c4ncccc4F)CC3)n2Cc2ccc(Cl)cc21. The van der Waals surface area contributed by atoms with Crippen molar-refractivity contribution in [3.05, 3.63) is 76.4 Å². The summed E-state index contributed by atoms with van der Waals surface area (Å²) in [6.07, 6.45) is 5.44. The van der Waals surface area contributed by atoms with Crippen molar-refractivity contribution in [2.45, 2.75) is 64.6 Å². The largest absolute Gasteiger partial charge is 0.443 e. The molecule has 2 aromatic heterocycles. The summed E-state index contributed by atoms with van der Waals surface area (Å²) in [4.78, 5) is 18.9. The number of hydrogen-bond donors (Lipinski definition) is 0. The number of rotatable bonds is 2. The summed E-state index contributed by atoms with van der Waals surface area (Å²) >= 11 is 6.29. The van der Waals surface area contributed by atoms with Crippen LogP contribution in [0.25, 0.3) is 5.57 Å². The second-order valence-electron chi connectivity index (χ2n) is 9.93. The van der Waals surface area contributed by atoms with Gasteiger partial charge in [0.25, 0.3) is 0 Å². The number of carbonyl (C=O) groups is 1. The molecule has 1 atom stereocenters. The highest BCUT2D eigenvalue weighted by Gasteiger charge is 2.32. The normalized spacial score (nSPS) is 17.8. The maximum atomic E-state index is 14.2. The lowest BCUT2D eigenvalue weighted by atomic mass is 9.87. The van der Waals surface area contributed by atoms with Crippen LogP contribution < -0.4 is 4.90 Å². The van der Waals surface area contributed by atoms with Crippen LogP contribution in [0, 0.1) is 5.82 Å². The van der Waals surface area contributed by atoms with Crippen molar-refractivity contribution >= 4 is 29.0 Å². The van der Waals surface area contributed by atoms with Gasteiger partial charge in [0.2, 0.25) is 0 Å². The predicted molar refractivity (Wildman–Crippen MR) is 132 cm³/mol. The van der Waals surface area contributed by atoms with Crippen molar-refractivity contribution < 1.29 is 13.9 Å². The molecule has 2 aliphatic rings. The second-order valence-corrected chi connectivity index (χ2v) is 10.4. The Balaban J connectivity index is 1.46. The van der Waals surface area contributed by atoms with Gasteiger partial charge in [-0.05, 0) is 75.4 Å². The van der Waals surface area contributed by atoms with Gasteiger partial charge < -0.3 is 9.30 Å². The van der Waals surface area contributed by atoms with Gasteiger partial charge in [-0.3, -0.25) is 9.88 Å². The average Bonchev–Trinajstić information content (AvgIpc) is 3.12. The number of carbonyl (C=O) groups excluding carboxylic acids is 1. The van der Waals surface area contributed by atoms with E-state index in [1.807, 2.05) is 32.9 Å². The third-order valence-corrected chi connectivity index (χ3v) is 6.51. The van der Waals surface area contributed by atoms with Gasteiger partial charge in [-0.1, -0.05) is 23.7 Å². The van der Waals surface area contributed by atoms with E-state index in [-0.39, 0.29) is 18.3 Å². The number of nitrogens with zero attached hydrogens (tertiary/aromatic N) is 5. The van der Waals surface area contributed by atoms with Crippen molar-refractivity contribution in [1.82, 2.24) is 19.7 Å². The van der Waals surface area contributed by atoms with E-state index in [9.17, 15) is 9.18 Å². The van der Waals surface area contributed by atoms with Crippen LogP contribution in [0.4, 0.5) is 14.9 Å². The third kappa shape index (κ3) is 4.80. The zero-order valence-electron chi connectivity index (χ0n) is 20.0. The number of aromatic nitrogens is 4. The molecular weight excluding hydrogens is 469 g/mol. The Bertz CT molecular complexity index is 1310. The molecule has 9 heteroatoms. The van der Waals surface area contributed by atoms with Gasteiger partial charge in [-0.2, -0.15) is 0 Å². The lowest BCUT2D eigenvalue weighted by molar-refractivity contribution is 0.0576. The highest BCUT2D eigenvalue weighted by molar-refractivity contribution is 6.31. The lowest BCUT2D eigenvalue weighted by Gasteiger charge is -2.27. The first kappa shape index (κ1) is 23.5. The summed E-state index contributed by atoms with van der Waals surface area (Å²) in [5.41, 5.74) is 2.35. The van der Waals surface area contributed by atoms with E-state index in [0.29, 0.717) is 41.6 Å². The Morgan fingerprint density at radius 1 is 1.20 bits per heavy atom. The number of halogens is 2. The molecule has 1 amide bonds. The van der Waals surface area contributed by atoms with Crippen LogP contribution in [0.1, 0.15) is 68.9 Å². The number of amides is 1. The number of ether oxygens (including phenoxy) is 1. The van der Waals surface area contributed by atoms with Crippen molar-refractivity contribution in [1.29, 1.82) is 0 Å². The minimum atomic E-state index is -0.639. The molecule has 0 fully saturated rings. The molecule has 0 bridgehead atoms. The number of benzene rings is 1. The smallest absolute Gasteiger partial charge is 0.415 e. The standard InChI is InChI=1S/C26H27ClFN5O2/c1-26(2,3)35-25(34)32-15-22-30-31-24(33(22)14-18-10-11-19(27)13-21(18)32)17-8-6-16(7-9-17)23-20(28)5-4-12-29-23/h4-6,10-13,17H,7-9,14-15H2,1-3H3. The predicted octanol–water partition coefficient (Wildman–Crippen LogP) is 6.12. The van der Waals surface area contributed by atoms with Crippen LogP contribution in [0.2, 0.25) is 5.02 Å². The van der Waals surface area contributed by atoms with Crippen LogP contribution in [-0.2, 0) is 17.8 Å². The van der Waals surface area contributed by atoms with Gasteiger partial charge in [0.05, 0.1) is 18.8 Å². The Kier molecular flexibility index (Phi) is 6.09. The van der Waals surface area contributed by atoms with E-state index in [1.54, 1.807) is 23.2 Å². The van der Waals surface area contributed by atoms with E-state index in [4.69, 9.17) is 16.3 Å². The summed E-state index contributed by atoms with van der Waals surface area (Å²) in [6.45, 7) is 6.26. The molecule has 1 aromatic carbocycles. The topological polar surface area (TPSA) is 73.1 Å². The Morgan fingerprint density at radius 2 is 2.03 bits per heavy atom. The molecule has 0 saturated carbocycles. The van der Waals surface area contributed by atoms with Crippen LogP contribution in [-0.4, -0.2) is 31.4 Å². The molecule has 35 heavy (non-hydrogen) atoms. The second kappa shape index (κ2) is 9.07. The molecule has 1 aliphatic carbocycles. The molecule has 0 spiro atoms. The minimum Gasteiger partial charge on any atom is -0.443 e. The van der Waals surface area contributed by atoms with Gasteiger partial charge in [0, 0.05) is 17.1 Å². The molecule has 3 heterocycles. The summed E-state index contributed by atoms with van der Waals surface area (Å²) in [5.74, 6) is 1.38. The Labute approximate surface area is 208 Å². The first-order valence-electron chi connectivity index (χ1n) is 11.7. The molecule has 5 rings (SSSR count). The molecule has 0 saturated heterocycles.